The Labute approximate surface area is 213 Å². The predicted molar refractivity (Wildman–Crippen MR) is 140 cm³/mol. The Kier molecular flexibility index (Phi) is 6.04. The van der Waals surface area contributed by atoms with Crippen molar-refractivity contribution >= 4 is 34.0 Å². The molecule has 2 aliphatic rings. The Morgan fingerprint density at radius 3 is 2.56 bits per heavy atom. The van der Waals surface area contributed by atoms with Gasteiger partial charge in [-0.25, -0.2) is 9.97 Å². The van der Waals surface area contributed by atoms with Gasteiger partial charge in [0.25, 0.3) is 0 Å². The molecule has 2 aromatic heterocycles. The lowest BCUT2D eigenvalue weighted by molar-refractivity contribution is 0.204. The van der Waals surface area contributed by atoms with Crippen molar-refractivity contribution < 1.29 is 14.9 Å². The van der Waals surface area contributed by atoms with Crippen molar-refractivity contribution in [3.63, 3.8) is 0 Å². The first-order valence-electron chi connectivity index (χ1n) is 11.9. The third kappa shape index (κ3) is 4.09. The molecule has 0 spiro atoms. The molecular formula is C27H27N5O3S. The van der Waals surface area contributed by atoms with E-state index in [0.717, 1.165) is 47.5 Å². The maximum atomic E-state index is 10.7. The standard InChI is InChI=1S/C27H27N5O3S/c1-35-17-32-22-13-18(8-9-23(22)36-25-24(32)28-10-11-29-25)14-30-12-4-5-19(15-30)16-31-26(33)20-6-2-3-7-21(20)27(31)34/h2-3,5-11,13,33-34H,4,12,14-17H2,1H3. The average Bonchev–Trinajstić information content (AvgIpc) is 3.14. The second kappa shape index (κ2) is 9.50. The minimum Gasteiger partial charge on any atom is -0.494 e. The average molecular weight is 502 g/mol. The van der Waals surface area contributed by atoms with Crippen molar-refractivity contribution in [2.75, 3.05) is 31.8 Å². The molecule has 0 aliphatic carbocycles. The van der Waals surface area contributed by atoms with Crippen molar-refractivity contribution in [1.82, 2.24) is 19.4 Å². The number of anilines is 2. The number of aromatic hydroxyl groups is 2. The molecule has 184 valence electrons. The summed E-state index contributed by atoms with van der Waals surface area (Å²) in [6, 6.07) is 13.9. The SMILES string of the molecule is COCN1c2cc(CN3CCC=C(Cn4c(O)c5ccccc5c4O)C3)ccc2Sc2nccnc21. The van der Waals surface area contributed by atoms with E-state index in [1.165, 1.54) is 11.1 Å². The second-order valence-electron chi connectivity index (χ2n) is 9.08. The molecule has 4 aromatic rings. The number of rotatable bonds is 6. The summed E-state index contributed by atoms with van der Waals surface area (Å²) in [5, 5.41) is 23.6. The van der Waals surface area contributed by atoms with E-state index in [2.05, 4.69) is 44.0 Å². The van der Waals surface area contributed by atoms with Gasteiger partial charge >= 0.3 is 0 Å². The van der Waals surface area contributed by atoms with Crippen molar-refractivity contribution in [3.8, 4) is 11.8 Å². The van der Waals surface area contributed by atoms with Crippen LogP contribution in [0.25, 0.3) is 10.8 Å². The normalized spacial score (nSPS) is 15.6. The van der Waals surface area contributed by atoms with E-state index in [9.17, 15) is 10.2 Å². The van der Waals surface area contributed by atoms with E-state index >= 15 is 0 Å². The van der Waals surface area contributed by atoms with Gasteiger partial charge in [0.1, 0.15) is 11.8 Å². The monoisotopic (exact) mass is 501 g/mol. The van der Waals surface area contributed by atoms with E-state index in [4.69, 9.17) is 4.74 Å². The molecule has 0 bridgehead atoms. The fraction of sp³-hybridized carbons (Fsp3) is 0.259. The smallest absolute Gasteiger partial charge is 0.202 e. The molecule has 2 aromatic carbocycles. The van der Waals surface area contributed by atoms with Crippen LogP contribution in [0.5, 0.6) is 11.8 Å². The van der Waals surface area contributed by atoms with Crippen molar-refractivity contribution in [1.29, 1.82) is 0 Å². The highest BCUT2D eigenvalue weighted by atomic mass is 32.2. The second-order valence-corrected chi connectivity index (χ2v) is 10.1. The topological polar surface area (TPSA) is 86.9 Å². The molecule has 2 aliphatic heterocycles. The summed E-state index contributed by atoms with van der Waals surface area (Å²) in [5.74, 6) is 1.03. The Morgan fingerprint density at radius 1 is 1.00 bits per heavy atom. The van der Waals surface area contributed by atoms with Gasteiger partial charge in [-0.3, -0.25) is 14.4 Å². The summed E-state index contributed by atoms with van der Waals surface area (Å²) >= 11 is 1.63. The number of fused-ring (bicyclic) bond motifs is 3. The number of nitrogens with zero attached hydrogens (tertiary/aromatic N) is 5. The van der Waals surface area contributed by atoms with Crippen LogP contribution < -0.4 is 4.90 Å². The fourth-order valence-electron chi connectivity index (χ4n) is 5.02. The molecule has 0 saturated heterocycles. The molecule has 4 heterocycles. The lowest BCUT2D eigenvalue weighted by Crippen LogP contribution is -2.31. The minimum absolute atomic E-state index is 0.106. The molecule has 0 unspecified atom stereocenters. The molecular weight excluding hydrogens is 474 g/mol. The lowest BCUT2D eigenvalue weighted by Gasteiger charge is -2.31. The zero-order valence-corrected chi connectivity index (χ0v) is 20.8. The Morgan fingerprint density at radius 2 is 1.78 bits per heavy atom. The minimum atomic E-state index is 0.106. The van der Waals surface area contributed by atoms with Gasteiger partial charge in [-0.05, 0) is 41.8 Å². The Bertz CT molecular complexity index is 1430. The summed E-state index contributed by atoms with van der Waals surface area (Å²) in [6.45, 7) is 3.39. The number of benzene rings is 2. The van der Waals surface area contributed by atoms with Gasteiger partial charge in [0, 0.05) is 54.8 Å². The van der Waals surface area contributed by atoms with Crippen molar-refractivity contribution in [2.45, 2.75) is 29.4 Å². The lowest BCUT2D eigenvalue weighted by atomic mass is 10.1. The van der Waals surface area contributed by atoms with Crippen LogP contribution in [-0.4, -0.2) is 56.6 Å². The van der Waals surface area contributed by atoms with Crippen LogP contribution in [0.4, 0.5) is 11.5 Å². The fourth-order valence-corrected chi connectivity index (χ4v) is 6.00. The zero-order chi connectivity index (χ0) is 24.6. The molecule has 9 heteroatoms. The Balaban J connectivity index is 1.20. The third-order valence-corrected chi connectivity index (χ3v) is 7.72. The van der Waals surface area contributed by atoms with E-state index in [-0.39, 0.29) is 11.8 Å². The molecule has 36 heavy (non-hydrogen) atoms. The van der Waals surface area contributed by atoms with Crippen molar-refractivity contribution in [3.05, 3.63) is 72.1 Å². The predicted octanol–water partition coefficient (Wildman–Crippen LogP) is 4.88. The van der Waals surface area contributed by atoms with E-state index < -0.39 is 0 Å². The molecule has 6 rings (SSSR count). The largest absolute Gasteiger partial charge is 0.494 e. The molecule has 0 atom stereocenters. The third-order valence-electron chi connectivity index (χ3n) is 6.67. The first kappa shape index (κ1) is 22.9. The summed E-state index contributed by atoms with van der Waals surface area (Å²) < 4.78 is 7.08. The van der Waals surface area contributed by atoms with Gasteiger partial charge in [-0.1, -0.05) is 36.0 Å². The summed E-state index contributed by atoms with van der Waals surface area (Å²) in [5.41, 5.74) is 3.46. The van der Waals surface area contributed by atoms with Crippen LogP contribution >= 0.6 is 11.8 Å². The molecule has 0 fully saturated rings. The van der Waals surface area contributed by atoms with Gasteiger partial charge in [-0.15, -0.1) is 0 Å². The molecule has 8 nitrogen and oxygen atoms in total. The summed E-state index contributed by atoms with van der Waals surface area (Å²) in [4.78, 5) is 14.6. The van der Waals surface area contributed by atoms with E-state index in [0.29, 0.717) is 24.0 Å². The van der Waals surface area contributed by atoms with Crippen LogP contribution in [0.1, 0.15) is 12.0 Å². The number of hydrogen-bond acceptors (Lipinski definition) is 8. The van der Waals surface area contributed by atoms with E-state index in [1.54, 1.807) is 35.8 Å². The van der Waals surface area contributed by atoms with Crippen LogP contribution in [0.2, 0.25) is 0 Å². The highest BCUT2D eigenvalue weighted by molar-refractivity contribution is 7.99. The number of hydrogen-bond donors (Lipinski definition) is 2. The van der Waals surface area contributed by atoms with Gasteiger partial charge in [0.2, 0.25) is 11.8 Å². The van der Waals surface area contributed by atoms with Gasteiger partial charge in [-0.2, -0.15) is 0 Å². The maximum absolute atomic E-state index is 10.7. The first-order valence-corrected chi connectivity index (χ1v) is 12.7. The maximum Gasteiger partial charge on any atom is 0.202 e. The molecule has 0 saturated carbocycles. The molecule has 0 radical (unpaired) electrons. The van der Waals surface area contributed by atoms with Gasteiger partial charge < -0.3 is 14.9 Å². The summed E-state index contributed by atoms with van der Waals surface area (Å²) in [6.07, 6.45) is 6.58. The Hall–Kier alpha value is -3.53. The zero-order valence-electron chi connectivity index (χ0n) is 20.0. The first-order chi connectivity index (χ1) is 17.6. The number of ether oxygens (including phenoxy) is 1. The van der Waals surface area contributed by atoms with Gasteiger partial charge in [0.05, 0.1) is 12.2 Å². The highest BCUT2D eigenvalue weighted by Gasteiger charge is 2.26. The number of aromatic nitrogens is 3. The van der Waals surface area contributed by atoms with Crippen molar-refractivity contribution in [2.24, 2.45) is 0 Å². The van der Waals surface area contributed by atoms with Crippen LogP contribution in [-0.2, 0) is 17.8 Å². The van der Waals surface area contributed by atoms with Crippen LogP contribution in [0.3, 0.4) is 0 Å². The van der Waals surface area contributed by atoms with Crippen LogP contribution in [0.15, 0.2) is 76.4 Å². The van der Waals surface area contributed by atoms with Gasteiger partial charge in [0.15, 0.2) is 5.82 Å². The molecule has 2 N–H and O–H groups in total. The molecule has 0 amide bonds. The highest BCUT2D eigenvalue weighted by Crippen LogP contribution is 2.46. The number of methoxy groups -OCH3 is 1. The summed E-state index contributed by atoms with van der Waals surface area (Å²) in [7, 11) is 1.69. The van der Waals surface area contributed by atoms with E-state index in [1.807, 2.05) is 24.3 Å². The quantitative estimate of drug-likeness (QED) is 0.362. The van der Waals surface area contributed by atoms with Crippen LogP contribution in [0, 0.1) is 0 Å².